The molecule has 1 atom stereocenters. The Kier molecular flexibility index (Phi) is 39.3. The summed E-state index contributed by atoms with van der Waals surface area (Å²) in [6.45, 7) is 12.4. The lowest BCUT2D eigenvalue weighted by Crippen LogP contribution is -2.19. The maximum atomic E-state index is 11.4. The van der Waals surface area contributed by atoms with Gasteiger partial charge >= 0.3 is 11.9 Å². The first kappa shape index (κ1) is 47.1. The minimum atomic E-state index is -0.616. The van der Waals surface area contributed by atoms with Gasteiger partial charge in [0.15, 0.2) is 0 Å². The number of carboxylic acid groups (broad SMARTS) is 1. The van der Waals surface area contributed by atoms with E-state index in [1.54, 1.807) is 0 Å². The highest BCUT2D eigenvalue weighted by molar-refractivity contribution is 5.70. The number of rotatable bonds is 34. The molecule has 0 saturated carbocycles. The van der Waals surface area contributed by atoms with Crippen LogP contribution < -0.4 is 0 Å². The standard InChI is InChI=1S/2C21H42O2/c1-4-5-6-7-8-9-10-11-12-13-14-15-16-17-18-19-21(22)23-20(2)3;1-4-5-6-7-8-9-10-11-12-13-14-15-16-17-18-20(19(2)3)21(22)23/h20H,4-19H2,1-3H3;19-20H,4-18H2,1-3H3,(H,22,23). The van der Waals surface area contributed by atoms with Crippen LogP contribution in [0.25, 0.3) is 0 Å². The van der Waals surface area contributed by atoms with Crippen LogP contribution in [0.4, 0.5) is 0 Å². The molecule has 0 aliphatic rings. The molecule has 0 aliphatic heterocycles. The van der Waals surface area contributed by atoms with E-state index in [0.717, 1.165) is 19.3 Å². The zero-order valence-electron chi connectivity index (χ0n) is 32.3. The van der Waals surface area contributed by atoms with Crippen molar-refractivity contribution in [1.29, 1.82) is 0 Å². The summed E-state index contributed by atoms with van der Waals surface area (Å²) in [5, 5.41) is 9.15. The lowest BCUT2D eigenvalue weighted by molar-refractivity contribution is -0.147. The summed E-state index contributed by atoms with van der Waals surface area (Å²) in [4.78, 5) is 22.5. The Morgan fingerprint density at radius 3 is 1.00 bits per heavy atom. The second kappa shape index (κ2) is 38.4. The average molecular weight is 653 g/mol. The minimum absolute atomic E-state index is 0.0267. The van der Waals surface area contributed by atoms with Crippen LogP contribution in [0.1, 0.15) is 241 Å². The average Bonchev–Trinajstić information content (AvgIpc) is 3.00. The number of ether oxygens (including phenoxy) is 1. The molecule has 0 aromatic heterocycles. The molecular formula is C42H84O4. The van der Waals surface area contributed by atoms with Gasteiger partial charge < -0.3 is 9.84 Å². The van der Waals surface area contributed by atoms with Crippen LogP contribution in [0.2, 0.25) is 0 Å². The number of esters is 1. The van der Waals surface area contributed by atoms with E-state index in [4.69, 9.17) is 9.84 Å². The maximum absolute atomic E-state index is 11.4. The zero-order chi connectivity index (χ0) is 34.5. The molecule has 0 aliphatic carbocycles. The molecule has 0 aromatic carbocycles. The van der Waals surface area contributed by atoms with Crippen molar-refractivity contribution in [3.05, 3.63) is 0 Å². The number of aliphatic carboxylic acids is 1. The van der Waals surface area contributed by atoms with Crippen LogP contribution in [-0.4, -0.2) is 23.1 Å². The molecule has 4 heteroatoms. The molecule has 276 valence electrons. The van der Waals surface area contributed by atoms with Gasteiger partial charge in [0, 0.05) is 6.42 Å². The third-order valence-electron chi connectivity index (χ3n) is 9.34. The molecule has 0 radical (unpaired) electrons. The number of unbranched alkanes of at least 4 members (excludes halogenated alkanes) is 27. The molecule has 1 N–H and O–H groups in total. The molecule has 0 bridgehead atoms. The number of hydrogen-bond donors (Lipinski definition) is 1. The van der Waals surface area contributed by atoms with E-state index in [0.29, 0.717) is 6.42 Å². The molecule has 46 heavy (non-hydrogen) atoms. The van der Waals surface area contributed by atoms with Crippen molar-refractivity contribution in [3.8, 4) is 0 Å². The van der Waals surface area contributed by atoms with E-state index in [-0.39, 0.29) is 23.9 Å². The fraction of sp³-hybridized carbons (Fsp3) is 0.952. The Balaban J connectivity index is 0. The third-order valence-corrected chi connectivity index (χ3v) is 9.34. The smallest absolute Gasteiger partial charge is 0.306 e. The van der Waals surface area contributed by atoms with Gasteiger partial charge in [0.1, 0.15) is 0 Å². The highest BCUT2D eigenvalue weighted by Crippen LogP contribution is 2.20. The van der Waals surface area contributed by atoms with Crippen LogP contribution in [0, 0.1) is 11.8 Å². The van der Waals surface area contributed by atoms with Crippen LogP contribution in [0.5, 0.6) is 0 Å². The highest BCUT2D eigenvalue weighted by atomic mass is 16.5. The van der Waals surface area contributed by atoms with Crippen molar-refractivity contribution in [2.75, 3.05) is 0 Å². The van der Waals surface area contributed by atoms with Crippen LogP contribution in [-0.2, 0) is 14.3 Å². The van der Waals surface area contributed by atoms with Crippen molar-refractivity contribution < 1.29 is 19.4 Å². The van der Waals surface area contributed by atoms with Gasteiger partial charge in [0.05, 0.1) is 12.0 Å². The van der Waals surface area contributed by atoms with Gasteiger partial charge in [0.2, 0.25) is 0 Å². The van der Waals surface area contributed by atoms with Crippen molar-refractivity contribution in [1.82, 2.24) is 0 Å². The Bertz CT molecular complexity index is 613. The normalized spacial score (nSPS) is 11.9. The molecule has 4 nitrogen and oxygen atoms in total. The van der Waals surface area contributed by atoms with E-state index >= 15 is 0 Å². The predicted octanol–water partition coefficient (Wildman–Crippen LogP) is 14.4. The summed E-state index contributed by atoms with van der Waals surface area (Å²) in [5.41, 5.74) is 0. The van der Waals surface area contributed by atoms with Crippen molar-refractivity contribution in [2.45, 2.75) is 247 Å². The number of carbonyl (C=O) groups excluding carboxylic acids is 1. The third kappa shape index (κ3) is 39.1. The summed E-state index contributed by atoms with van der Waals surface area (Å²) < 4.78 is 5.13. The van der Waals surface area contributed by atoms with Crippen molar-refractivity contribution in [2.24, 2.45) is 11.8 Å². The monoisotopic (exact) mass is 653 g/mol. The van der Waals surface area contributed by atoms with Gasteiger partial charge in [-0.15, -0.1) is 0 Å². The topological polar surface area (TPSA) is 63.6 Å². The van der Waals surface area contributed by atoms with E-state index in [9.17, 15) is 9.59 Å². The van der Waals surface area contributed by atoms with E-state index in [1.165, 1.54) is 173 Å². The van der Waals surface area contributed by atoms with Gasteiger partial charge in [-0.3, -0.25) is 9.59 Å². The summed E-state index contributed by atoms with van der Waals surface area (Å²) in [7, 11) is 0. The molecular weight excluding hydrogens is 568 g/mol. The number of carboxylic acids is 1. The molecule has 0 fully saturated rings. The Labute approximate surface area is 289 Å². The summed E-state index contributed by atoms with van der Waals surface area (Å²) >= 11 is 0. The van der Waals surface area contributed by atoms with Gasteiger partial charge in [-0.1, -0.05) is 207 Å². The summed E-state index contributed by atoms with van der Waals surface area (Å²) in [5.74, 6) is -0.536. The fourth-order valence-corrected chi connectivity index (χ4v) is 6.26. The fourth-order valence-electron chi connectivity index (χ4n) is 6.26. The minimum Gasteiger partial charge on any atom is -0.481 e. The molecule has 0 spiro atoms. The number of carbonyl (C=O) groups is 2. The van der Waals surface area contributed by atoms with Crippen LogP contribution in [0.3, 0.4) is 0 Å². The van der Waals surface area contributed by atoms with Crippen LogP contribution in [0.15, 0.2) is 0 Å². The highest BCUT2D eigenvalue weighted by Gasteiger charge is 2.20. The second-order valence-electron chi connectivity index (χ2n) is 14.8. The molecule has 0 rings (SSSR count). The van der Waals surface area contributed by atoms with Crippen molar-refractivity contribution in [3.63, 3.8) is 0 Å². The lowest BCUT2D eigenvalue weighted by Gasteiger charge is -2.15. The predicted molar refractivity (Wildman–Crippen MR) is 202 cm³/mol. The Morgan fingerprint density at radius 1 is 0.457 bits per heavy atom. The van der Waals surface area contributed by atoms with E-state index in [2.05, 4.69) is 13.8 Å². The summed E-state index contributed by atoms with van der Waals surface area (Å²) in [6, 6.07) is 0. The second-order valence-corrected chi connectivity index (χ2v) is 14.8. The van der Waals surface area contributed by atoms with Crippen LogP contribution >= 0.6 is 0 Å². The molecule has 1 unspecified atom stereocenters. The first-order valence-electron chi connectivity index (χ1n) is 20.7. The zero-order valence-corrected chi connectivity index (χ0v) is 32.3. The molecule has 0 amide bonds. The molecule has 0 heterocycles. The number of hydrogen-bond acceptors (Lipinski definition) is 3. The maximum Gasteiger partial charge on any atom is 0.306 e. The van der Waals surface area contributed by atoms with Gasteiger partial charge in [-0.2, -0.15) is 0 Å². The van der Waals surface area contributed by atoms with E-state index < -0.39 is 5.97 Å². The first-order valence-corrected chi connectivity index (χ1v) is 20.7. The largest absolute Gasteiger partial charge is 0.481 e. The Hall–Kier alpha value is -1.06. The Morgan fingerprint density at radius 2 is 0.739 bits per heavy atom. The first-order chi connectivity index (χ1) is 22.3. The van der Waals surface area contributed by atoms with Gasteiger partial charge in [-0.25, -0.2) is 0 Å². The molecule has 0 saturated heterocycles. The van der Waals surface area contributed by atoms with Crippen molar-refractivity contribution >= 4 is 11.9 Å². The van der Waals surface area contributed by atoms with Gasteiger partial charge in [-0.05, 0) is 32.6 Å². The lowest BCUT2D eigenvalue weighted by atomic mass is 9.90. The van der Waals surface area contributed by atoms with E-state index in [1.807, 2.05) is 27.7 Å². The van der Waals surface area contributed by atoms with Gasteiger partial charge in [0.25, 0.3) is 0 Å². The summed E-state index contributed by atoms with van der Waals surface area (Å²) in [6.07, 6.45) is 40.7. The quantitative estimate of drug-likeness (QED) is 0.0555. The molecule has 0 aromatic rings. The SMILES string of the molecule is CCCCCCCCCCCCCCCCC(C(=O)O)C(C)C.CCCCCCCCCCCCCCCCCC(=O)OC(C)C.